The van der Waals surface area contributed by atoms with Crippen molar-refractivity contribution < 1.29 is 18.0 Å². The summed E-state index contributed by atoms with van der Waals surface area (Å²) in [6, 6.07) is 20.8. The number of sulfonamides is 1. The lowest BCUT2D eigenvalue weighted by Gasteiger charge is -2.36. The number of nitrogens with zero attached hydrogens (tertiary/aromatic N) is 1. The Morgan fingerprint density at radius 2 is 1.58 bits per heavy atom. The first-order chi connectivity index (χ1) is 17.3. The van der Waals surface area contributed by atoms with Crippen LogP contribution in [0.15, 0.2) is 77.7 Å². The van der Waals surface area contributed by atoms with Crippen LogP contribution in [0.5, 0.6) is 0 Å². The third kappa shape index (κ3) is 5.50. The van der Waals surface area contributed by atoms with Gasteiger partial charge in [-0.05, 0) is 59.9 Å². The number of nitrogens with one attached hydrogen (secondary N) is 2. The van der Waals surface area contributed by atoms with Gasteiger partial charge in [0.15, 0.2) is 0 Å². The Hall–Kier alpha value is -3.49. The molecular weight excluding hydrogens is 474 g/mol. The van der Waals surface area contributed by atoms with Crippen LogP contribution in [0.4, 0.5) is 11.4 Å². The molecule has 1 heterocycles. The maximum Gasteiger partial charge on any atom is 0.243 e. The van der Waals surface area contributed by atoms with E-state index < -0.39 is 16.1 Å². The van der Waals surface area contributed by atoms with Gasteiger partial charge in [0, 0.05) is 30.8 Å². The normalized spacial score (nSPS) is 15.7. The molecule has 1 aliphatic heterocycles. The summed E-state index contributed by atoms with van der Waals surface area (Å²) in [5, 5.41) is 5.71. The standard InChI is InChI=1S/C28H31N3O4S/c1-3-20-9-6-8-12-25(20)30-28(33)19-26-24-11-7-5-10-21(24)17-18-31(26)36(34,35)23-15-13-22(14-16-23)29-27(32)4-2/h5-16,26H,3-4,17-19H2,1-2H3,(H,29,32)(H,30,33). The van der Waals surface area contributed by atoms with Crippen LogP contribution >= 0.6 is 0 Å². The highest BCUT2D eigenvalue weighted by Crippen LogP contribution is 2.37. The zero-order valence-electron chi connectivity index (χ0n) is 20.5. The third-order valence-electron chi connectivity index (χ3n) is 6.48. The van der Waals surface area contributed by atoms with Crippen molar-refractivity contribution in [1.82, 2.24) is 4.31 Å². The number of benzene rings is 3. The number of amides is 2. The SMILES string of the molecule is CCC(=O)Nc1ccc(S(=O)(=O)N2CCc3ccccc3C2CC(=O)Nc2ccccc2CC)cc1. The van der Waals surface area contributed by atoms with Crippen LogP contribution in [-0.4, -0.2) is 31.1 Å². The van der Waals surface area contributed by atoms with E-state index in [9.17, 15) is 18.0 Å². The fourth-order valence-corrected chi connectivity index (χ4v) is 6.16. The maximum absolute atomic E-state index is 13.7. The molecule has 3 aromatic rings. The van der Waals surface area contributed by atoms with Crippen LogP contribution in [-0.2, 0) is 32.5 Å². The number of carbonyl (C=O) groups excluding carboxylic acids is 2. The lowest BCUT2D eigenvalue weighted by molar-refractivity contribution is -0.117. The van der Waals surface area contributed by atoms with Gasteiger partial charge >= 0.3 is 0 Å². The number of para-hydroxylation sites is 1. The van der Waals surface area contributed by atoms with Crippen molar-refractivity contribution in [2.75, 3.05) is 17.2 Å². The summed E-state index contributed by atoms with van der Waals surface area (Å²) >= 11 is 0. The van der Waals surface area contributed by atoms with E-state index in [-0.39, 0.29) is 29.7 Å². The van der Waals surface area contributed by atoms with Crippen molar-refractivity contribution in [3.05, 3.63) is 89.5 Å². The van der Waals surface area contributed by atoms with Gasteiger partial charge in [-0.25, -0.2) is 8.42 Å². The molecule has 1 atom stereocenters. The highest BCUT2D eigenvalue weighted by molar-refractivity contribution is 7.89. The summed E-state index contributed by atoms with van der Waals surface area (Å²) in [5.41, 5.74) is 4.20. The second-order valence-corrected chi connectivity index (χ2v) is 10.7. The number of rotatable bonds is 8. The molecule has 2 amide bonds. The zero-order valence-corrected chi connectivity index (χ0v) is 21.3. The Balaban J connectivity index is 1.62. The van der Waals surface area contributed by atoms with E-state index in [2.05, 4.69) is 10.6 Å². The molecule has 0 saturated carbocycles. The van der Waals surface area contributed by atoms with Crippen molar-refractivity contribution >= 4 is 33.2 Å². The number of fused-ring (bicyclic) bond motifs is 1. The van der Waals surface area contributed by atoms with Crippen molar-refractivity contribution in [2.24, 2.45) is 0 Å². The minimum atomic E-state index is -3.90. The fourth-order valence-electron chi connectivity index (χ4n) is 4.55. The van der Waals surface area contributed by atoms with Crippen molar-refractivity contribution in [1.29, 1.82) is 0 Å². The van der Waals surface area contributed by atoms with Gasteiger partial charge in [0.2, 0.25) is 21.8 Å². The first-order valence-electron chi connectivity index (χ1n) is 12.2. The first-order valence-corrected chi connectivity index (χ1v) is 13.6. The smallest absolute Gasteiger partial charge is 0.243 e. The summed E-state index contributed by atoms with van der Waals surface area (Å²) in [6.07, 6.45) is 1.67. The Bertz CT molecular complexity index is 1350. The average molecular weight is 506 g/mol. The predicted molar refractivity (Wildman–Crippen MR) is 141 cm³/mol. The first kappa shape index (κ1) is 25.6. The van der Waals surface area contributed by atoms with Crippen LogP contribution < -0.4 is 10.6 Å². The van der Waals surface area contributed by atoms with Gasteiger partial charge in [0.1, 0.15) is 0 Å². The molecule has 1 aliphatic rings. The lowest BCUT2D eigenvalue weighted by atomic mass is 9.92. The van der Waals surface area contributed by atoms with E-state index in [0.29, 0.717) is 18.5 Å². The summed E-state index contributed by atoms with van der Waals surface area (Å²) in [4.78, 5) is 25.0. The maximum atomic E-state index is 13.7. The number of hydrogen-bond acceptors (Lipinski definition) is 4. The Labute approximate surface area is 212 Å². The molecular formula is C28H31N3O4S. The van der Waals surface area contributed by atoms with E-state index >= 15 is 0 Å². The summed E-state index contributed by atoms with van der Waals surface area (Å²) in [7, 11) is -3.90. The van der Waals surface area contributed by atoms with Crippen molar-refractivity contribution in [3.8, 4) is 0 Å². The number of carbonyl (C=O) groups is 2. The number of hydrogen-bond donors (Lipinski definition) is 2. The average Bonchev–Trinajstić information content (AvgIpc) is 2.89. The molecule has 8 heteroatoms. The van der Waals surface area contributed by atoms with Crippen LogP contribution in [0.1, 0.15) is 49.4 Å². The summed E-state index contributed by atoms with van der Waals surface area (Å²) in [6.45, 7) is 4.05. The van der Waals surface area contributed by atoms with Gasteiger partial charge in [-0.15, -0.1) is 0 Å². The number of aryl methyl sites for hydroxylation is 1. The monoisotopic (exact) mass is 505 g/mol. The highest BCUT2D eigenvalue weighted by Gasteiger charge is 2.37. The third-order valence-corrected chi connectivity index (χ3v) is 8.40. The second kappa shape index (κ2) is 11.1. The molecule has 2 N–H and O–H groups in total. The molecule has 4 rings (SSSR count). The number of anilines is 2. The molecule has 7 nitrogen and oxygen atoms in total. The zero-order chi connectivity index (χ0) is 25.7. The predicted octanol–water partition coefficient (Wildman–Crippen LogP) is 4.91. The second-order valence-electron chi connectivity index (χ2n) is 8.77. The Kier molecular flexibility index (Phi) is 7.86. The quantitative estimate of drug-likeness (QED) is 0.455. The minimum Gasteiger partial charge on any atom is -0.326 e. The van der Waals surface area contributed by atoms with Gasteiger partial charge in [-0.1, -0.05) is 56.3 Å². The van der Waals surface area contributed by atoms with Crippen LogP contribution in [0.3, 0.4) is 0 Å². The molecule has 0 bridgehead atoms. The van der Waals surface area contributed by atoms with Crippen LogP contribution in [0, 0.1) is 0 Å². The Morgan fingerprint density at radius 3 is 2.31 bits per heavy atom. The Morgan fingerprint density at radius 1 is 0.889 bits per heavy atom. The fraction of sp³-hybridized carbons (Fsp3) is 0.286. The van der Waals surface area contributed by atoms with Crippen LogP contribution in [0.2, 0.25) is 0 Å². The molecule has 188 valence electrons. The summed E-state index contributed by atoms with van der Waals surface area (Å²) < 4.78 is 28.9. The van der Waals surface area contributed by atoms with Crippen molar-refractivity contribution in [3.63, 3.8) is 0 Å². The molecule has 0 aliphatic carbocycles. The van der Waals surface area contributed by atoms with Gasteiger partial charge in [0.25, 0.3) is 0 Å². The van der Waals surface area contributed by atoms with Gasteiger partial charge in [0.05, 0.1) is 10.9 Å². The van der Waals surface area contributed by atoms with Crippen LogP contribution in [0.25, 0.3) is 0 Å². The van der Waals surface area contributed by atoms with Crippen molar-refractivity contribution in [2.45, 2.75) is 50.5 Å². The largest absolute Gasteiger partial charge is 0.326 e. The van der Waals surface area contributed by atoms with E-state index in [1.165, 1.54) is 16.4 Å². The van der Waals surface area contributed by atoms with E-state index in [1.54, 1.807) is 19.1 Å². The molecule has 0 aromatic heterocycles. The molecule has 0 spiro atoms. The van der Waals surface area contributed by atoms with E-state index in [0.717, 1.165) is 28.8 Å². The molecule has 3 aromatic carbocycles. The summed E-state index contributed by atoms with van der Waals surface area (Å²) in [5.74, 6) is -0.385. The highest BCUT2D eigenvalue weighted by atomic mass is 32.2. The van der Waals surface area contributed by atoms with Gasteiger partial charge in [-0.3, -0.25) is 9.59 Å². The topological polar surface area (TPSA) is 95.6 Å². The van der Waals surface area contributed by atoms with E-state index in [4.69, 9.17) is 0 Å². The molecule has 0 radical (unpaired) electrons. The van der Waals surface area contributed by atoms with Gasteiger partial charge in [-0.2, -0.15) is 4.31 Å². The van der Waals surface area contributed by atoms with Gasteiger partial charge < -0.3 is 10.6 Å². The molecule has 1 unspecified atom stereocenters. The molecule has 0 saturated heterocycles. The molecule has 0 fully saturated rings. The molecule has 36 heavy (non-hydrogen) atoms. The lowest BCUT2D eigenvalue weighted by Crippen LogP contribution is -2.41. The minimum absolute atomic E-state index is 0.00106. The van der Waals surface area contributed by atoms with E-state index in [1.807, 2.05) is 55.5 Å².